The number of likely N-dealkylation sites (N-methyl/N-ethyl adjacent to an activating group) is 1. The Morgan fingerprint density at radius 1 is 1.27 bits per heavy atom. The minimum absolute atomic E-state index is 0.134. The van der Waals surface area contributed by atoms with Gasteiger partial charge in [-0.3, -0.25) is 4.57 Å². The molecule has 0 heterocycles. The lowest BCUT2D eigenvalue weighted by Gasteiger charge is -2.27. The van der Waals surface area contributed by atoms with Crippen LogP contribution < -0.4 is 4.89 Å². The molecule has 0 aliphatic heterocycles. The SMILES string of the molecule is C[N+](C)(C)CCOP(=O)([O-])OCCCS. The van der Waals surface area contributed by atoms with Gasteiger partial charge in [0.1, 0.15) is 13.2 Å². The summed E-state index contributed by atoms with van der Waals surface area (Å²) in [6.07, 6.45) is 0.591. The van der Waals surface area contributed by atoms with Crippen LogP contribution >= 0.6 is 20.5 Å². The first kappa shape index (κ1) is 15.4. The van der Waals surface area contributed by atoms with Crippen LogP contribution in [-0.4, -0.2) is 51.1 Å². The van der Waals surface area contributed by atoms with E-state index in [1.54, 1.807) is 0 Å². The molecule has 15 heavy (non-hydrogen) atoms. The van der Waals surface area contributed by atoms with Crippen LogP contribution in [0.5, 0.6) is 0 Å². The van der Waals surface area contributed by atoms with Crippen LogP contribution in [0.3, 0.4) is 0 Å². The molecule has 1 atom stereocenters. The van der Waals surface area contributed by atoms with Crippen molar-refractivity contribution in [3.63, 3.8) is 0 Å². The van der Waals surface area contributed by atoms with Gasteiger partial charge in [-0.25, -0.2) is 0 Å². The van der Waals surface area contributed by atoms with E-state index >= 15 is 0 Å². The van der Waals surface area contributed by atoms with Gasteiger partial charge in [0.15, 0.2) is 0 Å². The maximum Gasteiger partial charge on any atom is 0.268 e. The molecular formula is C8H20NO4PS. The second-order valence-electron chi connectivity index (χ2n) is 4.20. The van der Waals surface area contributed by atoms with E-state index in [1.807, 2.05) is 21.1 Å². The lowest BCUT2D eigenvalue weighted by atomic mass is 10.5. The van der Waals surface area contributed by atoms with Gasteiger partial charge in [0.25, 0.3) is 7.82 Å². The van der Waals surface area contributed by atoms with E-state index in [0.717, 1.165) is 0 Å². The topological polar surface area (TPSA) is 58.6 Å². The number of hydrogen-bond acceptors (Lipinski definition) is 5. The standard InChI is InChI=1S/C8H20NO4PS/c1-9(2,3)5-7-13-14(10,11)12-6-4-8-15/h4-8H2,1-3H3,(H-,10,11,15). The van der Waals surface area contributed by atoms with Crippen LogP contribution in [0.2, 0.25) is 0 Å². The molecule has 5 nitrogen and oxygen atoms in total. The molecule has 0 aromatic heterocycles. The van der Waals surface area contributed by atoms with Gasteiger partial charge < -0.3 is 18.4 Å². The number of thiol groups is 1. The van der Waals surface area contributed by atoms with E-state index in [1.165, 1.54) is 0 Å². The van der Waals surface area contributed by atoms with Crippen molar-refractivity contribution in [3.8, 4) is 0 Å². The molecular weight excluding hydrogens is 237 g/mol. The summed E-state index contributed by atoms with van der Waals surface area (Å²) in [5, 5.41) is 0. The van der Waals surface area contributed by atoms with E-state index in [9.17, 15) is 9.46 Å². The molecule has 1 unspecified atom stereocenters. The normalized spacial score (nSPS) is 16.3. The summed E-state index contributed by atoms with van der Waals surface area (Å²) in [5.41, 5.74) is 0. The average molecular weight is 257 g/mol. The largest absolute Gasteiger partial charge is 0.756 e. The second kappa shape index (κ2) is 6.89. The summed E-state index contributed by atoms with van der Waals surface area (Å²) in [6, 6.07) is 0. The Morgan fingerprint density at radius 2 is 1.80 bits per heavy atom. The number of phosphoric ester groups is 1. The fourth-order valence-electron chi connectivity index (χ4n) is 0.705. The van der Waals surface area contributed by atoms with Crippen molar-refractivity contribution < 1.29 is 23.0 Å². The maximum absolute atomic E-state index is 11.1. The predicted molar refractivity (Wildman–Crippen MR) is 60.9 cm³/mol. The van der Waals surface area contributed by atoms with Crippen LogP contribution in [0.4, 0.5) is 0 Å². The van der Waals surface area contributed by atoms with Crippen molar-refractivity contribution >= 4 is 20.5 Å². The summed E-state index contributed by atoms with van der Waals surface area (Å²) in [5.74, 6) is 0.596. The third-order valence-electron chi connectivity index (χ3n) is 1.56. The highest BCUT2D eigenvalue weighted by molar-refractivity contribution is 7.80. The van der Waals surface area contributed by atoms with Gasteiger partial charge in [0.2, 0.25) is 0 Å². The Kier molecular flexibility index (Phi) is 7.08. The maximum atomic E-state index is 11.1. The van der Waals surface area contributed by atoms with Crippen molar-refractivity contribution in [3.05, 3.63) is 0 Å². The highest BCUT2D eigenvalue weighted by atomic mass is 32.1. The van der Waals surface area contributed by atoms with Gasteiger partial charge >= 0.3 is 0 Å². The first-order valence-electron chi connectivity index (χ1n) is 4.78. The minimum atomic E-state index is -4.10. The monoisotopic (exact) mass is 257 g/mol. The van der Waals surface area contributed by atoms with Crippen LogP contribution in [0.1, 0.15) is 6.42 Å². The fourth-order valence-corrected chi connectivity index (χ4v) is 1.57. The Labute approximate surface area is 97.0 Å². The van der Waals surface area contributed by atoms with E-state index in [-0.39, 0.29) is 13.2 Å². The molecule has 0 aromatic rings. The molecule has 0 aliphatic carbocycles. The smallest absolute Gasteiger partial charge is 0.268 e. The highest BCUT2D eigenvalue weighted by Crippen LogP contribution is 2.38. The zero-order valence-electron chi connectivity index (χ0n) is 9.51. The van der Waals surface area contributed by atoms with Gasteiger partial charge in [-0.1, -0.05) is 0 Å². The van der Waals surface area contributed by atoms with Crippen LogP contribution in [0.15, 0.2) is 0 Å². The molecule has 0 fully saturated rings. The van der Waals surface area contributed by atoms with Crippen molar-refractivity contribution in [2.24, 2.45) is 0 Å². The van der Waals surface area contributed by atoms with Crippen LogP contribution in [0, 0.1) is 0 Å². The van der Waals surface area contributed by atoms with Crippen LogP contribution in [0.25, 0.3) is 0 Å². The summed E-state index contributed by atoms with van der Waals surface area (Å²) >= 11 is 3.94. The first-order valence-corrected chi connectivity index (χ1v) is 6.87. The average Bonchev–Trinajstić information content (AvgIpc) is 2.01. The lowest BCUT2D eigenvalue weighted by molar-refractivity contribution is -0.870. The van der Waals surface area contributed by atoms with Crippen molar-refractivity contribution in [1.29, 1.82) is 0 Å². The molecule has 0 spiro atoms. The van der Waals surface area contributed by atoms with E-state index < -0.39 is 7.82 Å². The van der Waals surface area contributed by atoms with Gasteiger partial charge in [-0.15, -0.1) is 0 Å². The lowest BCUT2D eigenvalue weighted by Crippen LogP contribution is -2.37. The van der Waals surface area contributed by atoms with Crippen molar-refractivity contribution in [2.75, 3.05) is 46.7 Å². The molecule has 7 heteroatoms. The summed E-state index contributed by atoms with van der Waals surface area (Å²) in [6.45, 7) is 0.891. The third-order valence-corrected chi connectivity index (χ3v) is 2.88. The zero-order chi connectivity index (χ0) is 11.9. The Balaban J connectivity index is 3.69. The molecule has 0 amide bonds. The Hall–Kier alpha value is 0.420. The molecule has 0 rings (SSSR count). The molecule has 0 radical (unpaired) electrons. The predicted octanol–water partition coefficient (Wildman–Crippen LogP) is 0.514. The molecule has 0 N–H and O–H groups in total. The molecule has 0 saturated heterocycles. The number of quaternary nitrogens is 1. The summed E-state index contributed by atoms with van der Waals surface area (Å²) < 4.78 is 21.1. The van der Waals surface area contributed by atoms with Gasteiger partial charge in [-0.2, -0.15) is 12.6 Å². The first-order chi connectivity index (χ1) is 6.77. The second-order valence-corrected chi connectivity index (χ2v) is 6.06. The van der Waals surface area contributed by atoms with Crippen molar-refractivity contribution in [1.82, 2.24) is 0 Å². The van der Waals surface area contributed by atoms with E-state index in [0.29, 0.717) is 23.2 Å². The molecule has 0 saturated carbocycles. The van der Waals surface area contributed by atoms with E-state index in [2.05, 4.69) is 21.7 Å². The number of nitrogens with zero attached hydrogens (tertiary/aromatic N) is 1. The Morgan fingerprint density at radius 3 is 2.27 bits per heavy atom. The molecule has 0 aliphatic rings. The third kappa shape index (κ3) is 10.7. The fraction of sp³-hybridized carbons (Fsp3) is 1.00. The van der Waals surface area contributed by atoms with Gasteiger partial charge in [0.05, 0.1) is 27.7 Å². The highest BCUT2D eigenvalue weighted by Gasteiger charge is 2.12. The number of rotatable bonds is 8. The molecule has 92 valence electrons. The summed E-state index contributed by atoms with van der Waals surface area (Å²) in [7, 11) is 1.78. The Bertz CT molecular complexity index is 219. The van der Waals surface area contributed by atoms with Gasteiger partial charge in [-0.05, 0) is 12.2 Å². The van der Waals surface area contributed by atoms with Crippen molar-refractivity contribution in [2.45, 2.75) is 6.42 Å². The zero-order valence-corrected chi connectivity index (χ0v) is 11.3. The molecule has 0 bridgehead atoms. The summed E-state index contributed by atoms with van der Waals surface area (Å²) in [4.78, 5) is 11.1. The number of phosphoric acid groups is 1. The molecule has 0 aromatic carbocycles. The van der Waals surface area contributed by atoms with Gasteiger partial charge in [0, 0.05) is 0 Å². The van der Waals surface area contributed by atoms with E-state index in [4.69, 9.17) is 0 Å². The number of hydrogen-bond donors (Lipinski definition) is 1. The van der Waals surface area contributed by atoms with Crippen LogP contribution in [-0.2, 0) is 13.6 Å². The quantitative estimate of drug-likeness (QED) is 0.298. The minimum Gasteiger partial charge on any atom is -0.756 e.